The third kappa shape index (κ3) is 4.02. The van der Waals surface area contributed by atoms with Crippen LogP contribution in [-0.4, -0.2) is 55.1 Å². The van der Waals surface area contributed by atoms with E-state index < -0.39 is 0 Å². The van der Waals surface area contributed by atoms with Gasteiger partial charge in [-0.3, -0.25) is 9.80 Å². The molecule has 0 amide bonds. The third-order valence-corrected chi connectivity index (χ3v) is 4.57. The maximum Gasteiger partial charge on any atom is 0.128 e. The summed E-state index contributed by atoms with van der Waals surface area (Å²) in [5, 5.41) is 3.43. The molecule has 0 spiro atoms. The first kappa shape index (κ1) is 16.4. The number of rotatable bonds is 5. The predicted octanol–water partition coefficient (Wildman–Crippen LogP) is 2.50. The fourth-order valence-electron chi connectivity index (χ4n) is 3.03. The summed E-state index contributed by atoms with van der Waals surface area (Å²) in [6.07, 6.45) is 0. The van der Waals surface area contributed by atoms with Crippen molar-refractivity contribution in [3.63, 3.8) is 0 Å². The molecule has 0 aliphatic carbocycles. The van der Waals surface area contributed by atoms with E-state index in [9.17, 15) is 4.39 Å². The second-order valence-electron chi connectivity index (χ2n) is 6.60. The minimum Gasteiger partial charge on any atom is -0.309 e. The average Bonchev–Trinajstić information content (AvgIpc) is 2.43. The zero-order valence-electron chi connectivity index (χ0n) is 13.7. The van der Waals surface area contributed by atoms with E-state index in [-0.39, 0.29) is 17.4 Å². The Bertz CT molecular complexity index is 461. The van der Waals surface area contributed by atoms with Crippen LogP contribution in [0, 0.1) is 5.82 Å². The van der Waals surface area contributed by atoms with Gasteiger partial charge < -0.3 is 5.32 Å². The summed E-state index contributed by atoms with van der Waals surface area (Å²) in [4.78, 5) is 4.84. The molecule has 1 aliphatic heterocycles. The van der Waals surface area contributed by atoms with E-state index in [0.717, 1.165) is 38.3 Å². The van der Waals surface area contributed by atoms with Crippen LogP contribution in [0.3, 0.4) is 0 Å². The maximum atomic E-state index is 14.1. The second kappa shape index (κ2) is 6.86. The molecule has 1 aromatic carbocycles. The number of halogens is 1. The smallest absolute Gasteiger partial charge is 0.128 e. The molecular formula is C17H28FN3. The number of piperazine rings is 1. The normalized spacial score (nSPS) is 21.4. The number of benzene rings is 1. The van der Waals surface area contributed by atoms with Crippen molar-refractivity contribution in [1.82, 2.24) is 15.1 Å². The van der Waals surface area contributed by atoms with Crippen LogP contribution in [0.25, 0.3) is 0 Å². The van der Waals surface area contributed by atoms with Gasteiger partial charge in [0.25, 0.3) is 0 Å². The lowest BCUT2D eigenvalue weighted by Gasteiger charge is -2.46. The number of nitrogens with one attached hydrogen (secondary N) is 1. The molecule has 1 aromatic rings. The Kier molecular flexibility index (Phi) is 5.36. The summed E-state index contributed by atoms with van der Waals surface area (Å²) in [6.45, 7) is 11.4. The molecule has 1 unspecified atom stereocenters. The molecule has 0 saturated carbocycles. The predicted molar refractivity (Wildman–Crippen MR) is 86.0 cm³/mol. The molecule has 1 aliphatic rings. The van der Waals surface area contributed by atoms with Gasteiger partial charge in [0, 0.05) is 43.3 Å². The van der Waals surface area contributed by atoms with Gasteiger partial charge in [-0.15, -0.1) is 0 Å². The molecule has 0 aromatic heterocycles. The van der Waals surface area contributed by atoms with Crippen LogP contribution in [0.1, 0.15) is 32.4 Å². The molecular weight excluding hydrogens is 265 g/mol. The molecule has 1 N–H and O–H groups in total. The van der Waals surface area contributed by atoms with Crippen molar-refractivity contribution in [2.75, 3.05) is 39.8 Å². The van der Waals surface area contributed by atoms with Crippen LogP contribution in [0.15, 0.2) is 24.3 Å². The summed E-state index contributed by atoms with van der Waals surface area (Å²) >= 11 is 0. The molecule has 0 radical (unpaired) electrons. The quantitative estimate of drug-likeness (QED) is 0.900. The van der Waals surface area contributed by atoms with Crippen molar-refractivity contribution in [1.29, 1.82) is 0 Å². The average molecular weight is 293 g/mol. The number of nitrogens with zero attached hydrogens (tertiary/aromatic N) is 2. The topological polar surface area (TPSA) is 18.5 Å². The number of hydrogen-bond donors (Lipinski definition) is 1. The van der Waals surface area contributed by atoms with E-state index >= 15 is 0 Å². The molecule has 1 fully saturated rings. The first-order chi connectivity index (χ1) is 9.94. The van der Waals surface area contributed by atoms with E-state index in [1.807, 2.05) is 12.1 Å². The molecule has 1 saturated heterocycles. The van der Waals surface area contributed by atoms with Crippen molar-refractivity contribution < 1.29 is 4.39 Å². The highest BCUT2D eigenvalue weighted by atomic mass is 19.1. The Balaban J connectivity index is 2.09. The van der Waals surface area contributed by atoms with Gasteiger partial charge in [0.15, 0.2) is 0 Å². The summed E-state index contributed by atoms with van der Waals surface area (Å²) in [7, 11) is 2.18. The molecule has 21 heavy (non-hydrogen) atoms. The minimum absolute atomic E-state index is 0.0513. The van der Waals surface area contributed by atoms with Gasteiger partial charge in [0.05, 0.1) is 0 Å². The highest BCUT2D eigenvalue weighted by Gasteiger charge is 2.32. The Labute approximate surface area is 128 Å². The van der Waals surface area contributed by atoms with Gasteiger partial charge in [-0.05, 0) is 33.5 Å². The van der Waals surface area contributed by atoms with E-state index in [4.69, 9.17) is 0 Å². The summed E-state index contributed by atoms with van der Waals surface area (Å²) in [5.74, 6) is -0.114. The van der Waals surface area contributed by atoms with Gasteiger partial charge in [0.1, 0.15) is 5.82 Å². The Hall–Kier alpha value is -0.970. The van der Waals surface area contributed by atoms with Crippen molar-refractivity contribution in [3.8, 4) is 0 Å². The Morgan fingerprint density at radius 1 is 1.29 bits per heavy atom. The lowest BCUT2D eigenvalue weighted by atomic mass is 9.98. The fraction of sp³-hybridized carbons (Fsp3) is 0.647. The lowest BCUT2D eigenvalue weighted by Crippen LogP contribution is -2.58. The van der Waals surface area contributed by atoms with Crippen LogP contribution in [-0.2, 0) is 0 Å². The Morgan fingerprint density at radius 3 is 2.62 bits per heavy atom. The van der Waals surface area contributed by atoms with E-state index in [1.165, 1.54) is 0 Å². The van der Waals surface area contributed by atoms with Gasteiger partial charge in [0.2, 0.25) is 0 Å². The molecule has 118 valence electrons. The third-order valence-electron chi connectivity index (χ3n) is 4.57. The van der Waals surface area contributed by atoms with Gasteiger partial charge in [-0.2, -0.15) is 0 Å². The molecule has 1 atom stereocenters. The fourth-order valence-corrected chi connectivity index (χ4v) is 3.03. The van der Waals surface area contributed by atoms with Crippen LogP contribution >= 0.6 is 0 Å². The molecule has 3 nitrogen and oxygen atoms in total. The minimum atomic E-state index is -0.114. The van der Waals surface area contributed by atoms with E-state index in [0.29, 0.717) is 0 Å². The van der Waals surface area contributed by atoms with E-state index in [2.05, 4.69) is 42.9 Å². The highest BCUT2D eigenvalue weighted by molar-refractivity contribution is 5.21. The molecule has 1 heterocycles. The van der Waals surface area contributed by atoms with Crippen molar-refractivity contribution in [3.05, 3.63) is 35.6 Å². The van der Waals surface area contributed by atoms with E-state index in [1.54, 1.807) is 12.1 Å². The van der Waals surface area contributed by atoms with Crippen molar-refractivity contribution in [2.24, 2.45) is 0 Å². The zero-order chi connectivity index (χ0) is 15.5. The molecule has 4 heteroatoms. The largest absolute Gasteiger partial charge is 0.309 e. The van der Waals surface area contributed by atoms with Crippen LogP contribution < -0.4 is 5.32 Å². The van der Waals surface area contributed by atoms with Crippen LogP contribution in [0.2, 0.25) is 0 Å². The van der Waals surface area contributed by atoms with Crippen molar-refractivity contribution >= 4 is 0 Å². The standard InChI is InChI=1S/C17H28FN3/c1-5-19-16(14-8-6-7-9-15(14)18)12-21-11-10-20(4)17(2,3)13-21/h6-9,16,19H,5,10-13H2,1-4H3. The first-order valence-electron chi connectivity index (χ1n) is 7.85. The summed E-state index contributed by atoms with van der Waals surface area (Å²) < 4.78 is 14.1. The van der Waals surface area contributed by atoms with Crippen LogP contribution in [0.5, 0.6) is 0 Å². The number of likely N-dealkylation sites (N-methyl/N-ethyl adjacent to an activating group) is 2. The van der Waals surface area contributed by atoms with Gasteiger partial charge >= 0.3 is 0 Å². The van der Waals surface area contributed by atoms with Crippen LogP contribution in [0.4, 0.5) is 4.39 Å². The van der Waals surface area contributed by atoms with Gasteiger partial charge in [-0.1, -0.05) is 25.1 Å². The lowest BCUT2D eigenvalue weighted by molar-refractivity contribution is 0.0350. The number of hydrogen-bond acceptors (Lipinski definition) is 3. The van der Waals surface area contributed by atoms with Crippen molar-refractivity contribution in [2.45, 2.75) is 32.4 Å². The SMILES string of the molecule is CCNC(CN1CCN(C)C(C)(C)C1)c1ccccc1F. The Morgan fingerprint density at radius 2 is 2.00 bits per heavy atom. The summed E-state index contributed by atoms with van der Waals surface area (Å²) in [6, 6.07) is 7.16. The molecule has 0 bridgehead atoms. The second-order valence-corrected chi connectivity index (χ2v) is 6.60. The maximum absolute atomic E-state index is 14.1. The highest BCUT2D eigenvalue weighted by Crippen LogP contribution is 2.23. The zero-order valence-corrected chi connectivity index (χ0v) is 13.7. The van der Waals surface area contributed by atoms with Gasteiger partial charge in [-0.25, -0.2) is 4.39 Å². The first-order valence-corrected chi connectivity index (χ1v) is 7.85. The molecule has 2 rings (SSSR count). The monoisotopic (exact) mass is 293 g/mol. The summed E-state index contributed by atoms with van der Waals surface area (Å²) in [5.41, 5.74) is 0.945.